The number of methoxy groups -OCH3 is 1. The Morgan fingerprint density at radius 1 is 0.920 bits per heavy atom. The molecule has 2 aromatic carbocycles. The van der Waals surface area contributed by atoms with Gasteiger partial charge in [-0.1, -0.05) is 42.8 Å². The van der Waals surface area contributed by atoms with E-state index in [9.17, 15) is 4.79 Å². The molecule has 0 unspecified atom stereocenters. The number of esters is 1. The van der Waals surface area contributed by atoms with Gasteiger partial charge >= 0.3 is 5.97 Å². The van der Waals surface area contributed by atoms with E-state index in [1.807, 2.05) is 48.5 Å². The first-order valence-electron chi connectivity index (χ1n) is 8.82. The second-order valence-corrected chi connectivity index (χ2v) is 6.23. The third-order valence-corrected chi connectivity index (χ3v) is 4.48. The van der Waals surface area contributed by atoms with Crippen LogP contribution in [0.3, 0.4) is 0 Å². The van der Waals surface area contributed by atoms with Crippen LogP contribution in [0.2, 0.25) is 0 Å². The van der Waals surface area contributed by atoms with E-state index in [0.29, 0.717) is 5.75 Å². The van der Waals surface area contributed by atoms with Gasteiger partial charge in [-0.15, -0.1) is 0 Å². The highest BCUT2D eigenvalue weighted by Gasteiger charge is 2.18. The first-order valence-corrected chi connectivity index (χ1v) is 8.82. The molecule has 1 aliphatic rings. The van der Waals surface area contributed by atoms with Crippen LogP contribution in [0.25, 0.3) is 11.1 Å². The third kappa shape index (κ3) is 4.53. The monoisotopic (exact) mass is 340 g/mol. The molecule has 0 heterocycles. The van der Waals surface area contributed by atoms with Gasteiger partial charge in [-0.3, -0.25) is 0 Å². The van der Waals surface area contributed by atoms with Gasteiger partial charge in [-0.25, -0.2) is 4.79 Å². The number of carbonyl (C=O) groups excluding carboxylic acids is 1. The number of rotatable bonds is 6. The predicted molar refractivity (Wildman–Crippen MR) is 96.9 cm³/mol. The van der Waals surface area contributed by atoms with Crippen molar-refractivity contribution in [1.29, 1.82) is 0 Å². The van der Waals surface area contributed by atoms with Crippen molar-refractivity contribution >= 4 is 5.97 Å². The Labute approximate surface area is 148 Å². The fraction of sp³-hybridized carbons (Fsp3) is 0.381. The largest absolute Gasteiger partial charge is 0.490 e. The molecular weight excluding hydrogens is 316 g/mol. The van der Waals surface area contributed by atoms with Gasteiger partial charge in [0.15, 0.2) is 6.61 Å². The molecule has 25 heavy (non-hydrogen) atoms. The first-order chi connectivity index (χ1) is 12.3. The molecule has 0 amide bonds. The van der Waals surface area contributed by atoms with Gasteiger partial charge in [0.2, 0.25) is 0 Å². The van der Waals surface area contributed by atoms with Crippen molar-refractivity contribution in [3.63, 3.8) is 0 Å². The summed E-state index contributed by atoms with van der Waals surface area (Å²) in [6.45, 7) is -0.112. The van der Waals surface area contributed by atoms with Gasteiger partial charge in [0, 0.05) is 11.1 Å². The molecule has 0 N–H and O–H groups in total. The van der Waals surface area contributed by atoms with Crippen LogP contribution in [0.15, 0.2) is 48.5 Å². The fourth-order valence-electron chi connectivity index (χ4n) is 3.17. The Morgan fingerprint density at radius 3 is 2.20 bits per heavy atom. The molecule has 0 aromatic heterocycles. The number of hydrogen-bond acceptors (Lipinski definition) is 4. The van der Waals surface area contributed by atoms with Crippen LogP contribution in [0.5, 0.6) is 11.5 Å². The molecule has 0 radical (unpaired) electrons. The minimum atomic E-state index is -0.401. The molecule has 0 aliphatic heterocycles. The Hall–Kier alpha value is -2.49. The van der Waals surface area contributed by atoms with Gasteiger partial charge in [0.05, 0.1) is 13.2 Å². The summed E-state index contributed by atoms with van der Waals surface area (Å²) in [5.41, 5.74) is 1.89. The van der Waals surface area contributed by atoms with E-state index in [0.717, 1.165) is 29.7 Å². The van der Waals surface area contributed by atoms with Gasteiger partial charge in [-0.05, 0) is 37.8 Å². The normalized spacial score (nSPS) is 14.8. The van der Waals surface area contributed by atoms with E-state index in [2.05, 4.69) is 4.74 Å². The molecule has 1 saturated carbocycles. The van der Waals surface area contributed by atoms with E-state index in [1.54, 1.807) is 0 Å². The number of para-hydroxylation sites is 2. The molecule has 0 atom stereocenters. The van der Waals surface area contributed by atoms with Gasteiger partial charge in [-0.2, -0.15) is 0 Å². The van der Waals surface area contributed by atoms with Crippen molar-refractivity contribution in [2.75, 3.05) is 13.7 Å². The van der Waals surface area contributed by atoms with E-state index in [4.69, 9.17) is 9.47 Å². The van der Waals surface area contributed by atoms with E-state index in [1.165, 1.54) is 26.4 Å². The van der Waals surface area contributed by atoms with Crippen molar-refractivity contribution < 1.29 is 19.0 Å². The first kappa shape index (κ1) is 17.3. The average molecular weight is 340 g/mol. The van der Waals surface area contributed by atoms with Crippen LogP contribution < -0.4 is 9.47 Å². The maximum Gasteiger partial charge on any atom is 0.343 e. The van der Waals surface area contributed by atoms with Crippen molar-refractivity contribution in [2.24, 2.45) is 0 Å². The lowest BCUT2D eigenvalue weighted by Crippen LogP contribution is -2.20. The second-order valence-electron chi connectivity index (χ2n) is 6.23. The molecule has 0 saturated heterocycles. The van der Waals surface area contributed by atoms with Gasteiger partial charge in [0.1, 0.15) is 11.5 Å². The Morgan fingerprint density at radius 2 is 1.52 bits per heavy atom. The summed E-state index contributed by atoms with van der Waals surface area (Å²) < 4.78 is 16.6. The highest BCUT2D eigenvalue weighted by atomic mass is 16.6. The zero-order valence-corrected chi connectivity index (χ0v) is 14.6. The predicted octanol–water partition coefficient (Wildman–Crippen LogP) is 4.62. The molecule has 1 aliphatic carbocycles. The Kier molecular flexibility index (Phi) is 5.94. The minimum Gasteiger partial charge on any atom is -0.490 e. The fourth-order valence-corrected chi connectivity index (χ4v) is 3.17. The highest BCUT2D eigenvalue weighted by molar-refractivity contribution is 5.77. The topological polar surface area (TPSA) is 44.8 Å². The second kappa shape index (κ2) is 8.56. The van der Waals surface area contributed by atoms with Crippen LogP contribution in [0.4, 0.5) is 0 Å². The van der Waals surface area contributed by atoms with Crippen molar-refractivity contribution in [3.05, 3.63) is 48.5 Å². The van der Waals surface area contributed by atoms with Crippen LogP contribution in [0.1, 0.15) is 32.1 Å². The summed E-state index contributed by atoms with van der Waals surface area (Å²) in [5.74, 6) is 1.11. The van der Waals surface area contributed by atoms with Gasteiger partial charge in [0.25, 0.3) is 0 Å². The summed E-state index contributed by atoms with van der Waals surface area (Å²) in [5, 5.41) is 0. The maximum atomic E-state index is 11.4. The lowest BCUT2D eigenvalue weighted by atomic mass is 9.97. The molecule has 2 aromatic rings. The SMILES string of the molecule is COC(=O)COc1ccccc1-c1ccccc1OC1CCCCC1. The van der Waals surface area contributed by atoms with Crippen molar-refractivity contribution in [1.82, 2.24) is 0 Å². The van der Waals surface area contributed by atoms with Gasteiger partial charge < -0.3 is 14.2 Å². The summed E-state index contributed by atoms with van der Waals surface area (Å²) in [6.07, 6.45) is 6.24. The minimum absolute atomic E-state index is 0.112. The zero-order valence-electron chi connectivity index (χ0n) is 14.6. The van der Waals surface area contributed by atoms with Crippen molar-refractivity contribution in [2.45, 2.75) is 38.2 Å². The summed E-state index contributed by atoms with van der Waals surface area (Å²) >= 11 is 0. The highest BCUT2D eigenvalue weighted by Crippen LogP contribution is 2.37. The summed E-state index contributed by atoms with van der Waals surface area (Å²) in [6, 6.07) is 15.7. The molecule has 4 nitrogen and oxygen atoms in total. The van der Waals surface area contributed by atoms with Crippen LogP contribution in [-0.2, 0) is 9.53 Å². The van der Waals surface area contributed by atoms with E-state index >= 15 is 0 Å². The Bertz CT molecular complexity index is 705. The number of carbonyl (C=O) groups is 1. The average Bonchev–Trinajstić information content (AvgIpc) is 2.67. The summed E-state index contributed by atoms with van der Waals surface area (Å²) in [4.78, 5) is 11.4. The number of hydrogen-bond donors (Lipinski definition) is 0. The van der Waals surface area contributed by atoms with Crippen LogP contribution in [0, 0.1) is 0 Å². The number of benzene rings is 2. The molecule has 4 heteroatoms. The maximum absolute atomic E-state index is 11.4. The van der Waals surface area contributed by atoms with Crippen LogP contribution in [-0.4, -0.2) is 25.8 Å². The number of ether oxygens (including phenoxy) is 3. The summed E-state index contributed by atoms with van der Waals surface area (Å²) in [7, 11) is 1.35. The van der Waals surface area contributed by atoms with Crippen molar-refractivity contribution in [3.8, 4) is 22.6 Å². The van der Waals surface area contributed by atoms with Crippen LogP contribution >= 0.6 is 0 Å². The van der Waals surface area contributed by atoms with E-state index < -0.39 is 5.97 Å². The molecular formula is C21H24O4. The smallest absolute Gasteiger partial charge is 0.343 e. The molecule has 132 valence electrons. The molecule has 1 fully saturated rings. The molecule has 0 bridgehead atoms. The Balaban J connectivity index is 1.85. The molecule has 3 rings (SSSR count). The van der Waals surface area contributed by atoms with E-state index in [-0.39, 0.29) is 12.7 Å². The standard InChI is InChI=1S/C21H24O4/c1-23-21(22)15-24-19-13-7-5-11-17(19)18-12-6-8-14-20(18)25-16-9-3-2-4-10-16/h5-8,11-14,16H,2-4,9-10,15H2,1H3. The quantitative estimate of drug-likeness (QED) is 0.720. The zero-order chi connectivity index (χ0) is 17.5. The third-order valence-electron chi connectivity index (χ3n) is 4.48. The molecule has 0 spiro atoms. The lowest BCUT2D eigenvalue weighted by Gasteiger charge is -2.24. The lowest BCUT2D eigenvalue weighted by molar-refractivity contribution is -0.142.